The van der Waals surface area contributed by atoms with E-state index < -0.39 is 0 Å². The molecule has 30 heavy (non-hydrogen) atoms. The van der Waals surface area contributed by atoms with Crippen molar-refractivity contribution in [1.29, 1.82) is 0 Å². The largest absolute Gasteiger partial charge is 0.456 e. The van der Waals surface area contributed by atoms with Gasteiger partial charge in [-0.1, -0.05) is 53.3 Å². The highest BCUT2D eigenvalue weighted by molar-refractivity contribution is 7.24. The maximum atomic E-state index is 6.06. The molecular formula is C26H16N2OS. The van der Waals surface area contributed by atoms with Crippen molar-refractivity contribution in [3.8, 4) is 11.1 Å². The Balaban J connectivity index is 1.54. The number of nitrogens with zero attached hydrogens (tertiary/aromatic N) is 2. The molecule has 3 heterocycles. The van der Waals surface area contributed by atoms with E-state index in [4.69, 9.17) is 9.40 Å². The molecular weight excluding hydrogens is 388 g/mol. The molecule has 7 aromatic rings. The van der Waals surface area contributed by atoms with E-state index in [1.165, 1.54) is 32.3 Å². The van der Waals surface area contributed by atoms with Crippen LogP contribution >= 0.6 is 11.3 Å². The van der Waals surface area contributed by atoms with E-state index in [-0.39, 0.29) is 0 Å². The number of rotatable bonds is 1. The summed E-state index contributed by atoms with van der Waals surface area (Å²) in [6.07, 6.45) is 0. The van der Waals surface area contributed by atoms with Crippen LogP contribution in [0.15, 0.2) is 83.3 Å². The Morgan fingerprint density at radius 2 is 1.60 bits per heavy atom. The molecule has 0 radical (unpaired) electrons. The van der Waals surface area contributed by atoms with Crippen LogP contribution in [0.1, 0.15) is 5.56 Å². The minimum Gasteiger partial charge on any atom is -0.456 e. The first-order valence-corrected chi connectivity index (χ1v) is 10.8. The highest BCUT2D eigenvalue weighted by Crippen LogP contribution is 2.39. The van der Waals surface area contributed by atoms with E-state index in [2.05, 4.69) is 84.1 Å². The average Bonchev–Trinajstić information content (AvgIpc) is 3.42. The number of thiazole rings is 1. The molecule has 0 bridgehead atoms. The van der Waals surface area contributed by atoms with Crippen LogP contribution in [-0.4, -0.2) is 9.38 Å². The molecule has 0 saturated heterocycles. The van der Waals surface area contributed by atoms with Crippen LogP contribution in [0.5, 0.6) is 0 Å². The summed E-state index contributed by atoms with van der Waals surface area (Å²) in [5, 5.41) is 2.33. The minimum absolute atomic E-state index is 0.929. The molecule has 0 spiro atoms. The highest BCUT2D eigenvalue weighted by atomic mass is 32.1. The number of imidazole rings is 1. The van der Waals surface area contributed by atoms with Crippen LogP contribution in [0.25, 0.3) is 59.3 Å². The summed E-state index contributed by atoms with van der Waals surface area (Å²) in [7, 11) is 0. The molecule has 0 aliphatic carbocycles. The van der Waals surface area contributed by atoms with Crippen LogP contribution in [-0.2, 0) is 0 Å². The van der Waals surface area contributed by atoms with Crippen molar-refractivity contribution >= 4 is 59.5 Å². The Morgan fingerprint density at radius 3 is 2.53 bits per heavy atom. The molecule has 0 aliphatic heterocycles. The number of aromatic nitrogens is 2. The number of fused-ring (bicyclic) bond motifs is 8. The van der Waals surface area contributed by atoms with E-state index in [1.54, 1.807) is 11.3 Å². The van der Waals surface area contributed by atoms with E-state index in [0.29, 0.717) is 0 Å². The third-order valence-corrected chi connectivity index (χ3v) is 6.98. The second kappa shape index (κ2) is 5.71. The molecule has 0 unspecified atom stereocenters. The van der Waals surface area contributed by atoms with Crippen molar-refractivity contribution in [2.24, 2.45) is 0 Å². The standard InChI is InChI=1S/C26H16N2OS/c1-15-9-11-23-18(13-15)19-14-16(10-12-24(19)29-23)17-5-4-8-22-25(17)30-26-27-20-6-2-3-7-21(20)28(22)26/h2-14H,1H3. The van der Waals surface area contributed by atoms with Gasteiger partial charge in [-0.3, -0.25) is 4.40 Å². The van der Waals surface area contributed by atoms with Crippen LogP contribution in [0.2, 0.25) is 0 Å². The first kappa shape index (κ1) is 16.2. The summed E-state index contributed by atoms with van der Waals surface area (Å²) in [6, 6.07) is 27.7. The van der Waals surface area contributed by atoms with Crippen molar-refractivity contribution in [2.75, 3.05) is 0 Å². The number of benzene rings is 4. The van der Waals surface area contributed by atoms with Crippen molar-refractivity contribution in [2.45, 2.75) is 6.92 Å². The summed E-state index contributed by atoms with van der Waals surface area (Å²) in [4.78, 5) is 5.88. The van der Waals surface area contributed by atoms with Crippen LogP contribution < -0.4 is 0 Å². The summed E-state index contributed by atoms with van der Waals surface area (Å²) in [5.74, 6) is 0. The second-order valence-electron chi connectivity index (χ2n) is 7.79. The Bertz CT molecular complexity index is 1770. The molecule has 0 saturated carbocycles. The second-order valence-corrected chi connectivity index (χ2v) is 8.76. The van der Waals surface area contributed by atoms with Crippen LogP contribution in [0.3, 0.4) is 0 Å². The topological polar surface area (TPSA) is 30.4 Å². The Labute approximate surface area is 175 Å². The fourth-order valence-corrected chi connectivity index (χ4v) is 5.66. The fraction of sp³-hybridized carbons (Fsp3) is 0.0385. The molecule has 0 aliphatic rings. The number of hydrogen-bond donors (Lipinski definition) is 0. The van der Waals surface area contributed by atoms with Gasteiger partial charge in [0.25, 0.3) is 0 Å². The monoisotopic (exact) mass is 404 g/mol. The molecule has 7 rings (SSSR count). The van der Waals surface area contributed by atoms with E-state index in [1.807, 2.05) is 6.07 Å². The quantitative estimate of drug-likeness (QED) is 0.282. The SMILES string of the molecule is Cc1ccc2oc3ccc(-c4cccc5c4sc4nc6ccccc6n45)cc3c2c1. The lowest BCUT2D eigenvalue weighted by atomic mass is 10.0. The third-order valence-electron chi connectivity index (χ3n) is 5.89. The van der Waals surface area contributed by atoms with Crippen molar-refractivity contribution in [1.82, 2.24) is 9.38 Å². The Hall–Kier alpha value is -3.63. The normalized spacial score (nSPS) is 12.2. The van der Waals surface area contributed by atoms with Crippen LogP contribution in [0, 0.1) is 6.92 Å². The molecule has 4 heteroatoms. The maximum Gasteiger partial charge on any atom is 0.195 e. The van der Waals surface area contributed by atoms with E-state index in [0.717, 1.165) is 32.5 Å². The summed E-state index contributed by atoms with van der Waals surface area (Å²) >= 11 is 1.75. The molecule has 142 valence electrons. The first-order valence-electron chi connectivity index (χ1n) is 9.98. The number of hydrogen-bond acceptors (Lipinski definition) is 3. The molecule has 3 aromatic heterocycles. The van der Waals surface area contributed by atoms with E-state index in [9.17, 15) is 0 Å². The molecule has 4 aromatic carbocycles. The smallest absolute Gasteiger partial charge is 0.195 e. The number of furan rings is 1. The lowest BCUT2D eigenvalue weighted by Gasteiger charge is -2.04. The van der Waals surface area contributed by atoms with Gasteiger partial charge in [-0.05, 0) is 55.0 Å². The zero-order valence-corrected chi connectivity index (χ0v) is 17.0. The van der Waals surface area contributed by atoms with Crippen molar-refractivity contribution < 1.29 is 4.42 Å². The molecule has 0 N–H and O–H groups in total. The van der Waals surface area contributed by atoms with Crippen LogP contribution in [0.4, 0.5) is 0 Å². The lowest BCUT2D eigenvalue weighted by Crippen LogP contribution is -1.82. The van der Waals surface area contributed by atoms with Gasteiger partial charge >= 0.3 is 0 Å². The summed E-state index contributed by atoms with van der Waals surface area (Å²) < 4.78 is 9.59. The fourth-order valence-electron chi connectivity index (χ4n) is 4.49. The van der Waals surface area contributed by atoms with Gasteiger partial charge in [-0.25, -0.2) is 4.98 Å². The van der Waals surface area contributed by atoms with Gasteiger partial charge in [0.15, 0.2) is 4.96 Å². The van der Waals surface area contributed by atoms with Gasteiger partial charge in [-0.2, -0.15) is 0 Å². The van der Waals surface area contributed by atoms with Gasteiger partial charge in [-0.15, -0.1) is 0 Å². The number of para-hydroxylation sites is 2. The van der Waals surface area contributed by atoms with E-state index >= 15 is 0 Å². The third kappa shape index (κ3) is 2.11. The predicted octanol–water partition coefficient (Wildman–Crippen LogP) is 7.58. The Kier molecular flexibility index (Phi) is 3.08. The summed E-state index contributed by atoms with van der Waals surface area (Å²) in [5.41, 5.74) is 8.94. The van der Waals surface area contributed by atoms with Gasteiger partial charge < -0.3 is 4.42 Å². The number of aryl methyl sites for hydroxylation is 1. The van der Waals surface area contributed by atoms with Gasteiger partial charge in [0.1, 0.15) is 11.2 Å². The zero-order chi connectivity index (χ0) is 19.8. The van der Waals surface area contributed by atoms with Gasteiger partial charge in [0.05, 0.1) is 21.3 Å². The highest BCUT2D eigenvalue weighted by Gasteiger charge is 2.15. The molecule has 0 amide bonds. The molecule has 0 fully saturated rings. The lowest BCUT2D eigenvalue weighted by molar-refractivity contribution is 0.669. The zero-order valence-electron chi connectivity index (χ0n) is 16.2. The van der Waals surface area contributed by atoms with Gasteiger partial charge in [0.2, 0.25) is 0 Å². The molecule has 3 nitrogen and oxygen atoms in total. The first-order chi connectivity index (χ1) is 14.8. The predicted molar refractivity (Wildman–Crippen MR) is 126 cm³/mol. The van der Waals surface area contributed by atoms with Crippen molar-refractivity contribution in [3.05, 3.63) is 84.4 Å². The maximum absolute atomic E-state index is 6.06. The summed E-state index contributed by atoms with van der Waals surface area (Å²) in [6.45, 7) is 2.12. The average molecular weight is 404 g/mol. The van der Waals surface area contributed by atoms with Gasteiger partial charge in [0, 0.05) is 16.3 Å². The minimum atomic E-state index is 0.929. The Morgan fingerprint density at radius 1 is 0.800 bits per heavy atom. The molecule has 0 atom stereocenters. The van der Waals surface area contributed by atoms with Crippen molar-refractivity contribution in [3.63, 3.8) is 0 Å².